The van der Waals surface area contributed by atoms with Gasteiger partial charge in [0.15, 0.2) is 5.03 Å². The molecule has 0 aromatic carbocycles. The van der Waals surface area contributed by atoms with Crippen LogP contribution in [0.4, 0.5) is 0 Å². The molecule has 6 nitrogen and oxygen atoms in total. The number of rotatable bonds is 7. The molecule has 2 rings (SSSR count). The predicted molar refractivity (Wildman–Crippen MR) is 73.1 cm³/mol. The minimum atomic E-state index is -3.47. The maximum absolute atomic E-state index is 12.2. The lowest BCUT2D eigenvalue weighted by Crippen LogP contribution is -2.33. The molecule has 1 aromatic rings. The molecule has 1 aromatic heterocycles. The molecule has 0 radical (unpaired) electrons. The maximum Gasteiger partial charge on any atom is 0.257 e. The third kappa shape index (κ3) is 3.77. The summed E-state index contributed by atoms with van der Waals surface area (Å²) in [7, 11) is -3.47. The highest BCUT2D eigenvalue weighted by atomic mass is 32.2. The van der Waals surface area contributed by atoms with E-state index >= 15 is 0 Å². The molecular formula is C12H22N4O2S. The Balaban J connectivity index is 2.00. The minimum Gasteiger partial charge on any atom is -0.310 e. The summed E-state index contributed by atoms with van der Waals surface area (Å²) in [6.45, 7) is 5.05. The Morgan fingerprint density at radius 2 is 2.21 bits per heavy atom. The Kier molecular flexibility index (Phi) is 4.59. The lowest BCUT2D eigenvalue weighted by molar-refractivity contribution is 0.316. The SMILES string of the molecule is CC(C)NCc1cn[nH]c1S(=O)(=O)NCC1CCC1. The van der Waals surface area contributed by atoms with E-state index in [9.17, 15) is 8.42 Å². The highest BCUT2D eigenvalue weighted by Gasteiger charge is 2.24. The Morgan fingerprint density at radius 3 is 2.79 bits per heavy atom. The molecular weight excluding hydrogens is 264 g/mol. The van der Waals surface area contributed by atoms with Crippen LogP contribution in [0.15, 0.2) is 11.2 Å². The molecule has 108 valence electrons. The van der Waals surface area contributed by atoms with Gasteiger partial charge in [-0.1, -0.05) is 20.3 Å². The van der Waals surface area contributed by atoms with Crippen molar-refractivity contribution in [1.29, 1.82) is 0 Å². The van der Waals surface area contributed by atoms with Gasteiger partial charge in [-0.2, -0.15) is 5.10 Å². The van der Waals surface area contributed by atoms with E-state index in [0.29, 0.717) is 30.6 Å². The molecule has 3 N–H and O–H groups in total. The average Bonchev–Trinajstić information content (AvgIpc) is 2.72. The van der Waals surface area contributed by atoms with Crippen LogP contribution in [0.2, 0.25) is 0 Å². The van der Waals surface area contributed by atoms with Gasteiger partial charge in [-0.15, -0.1) is 0 Å². The van der Waals surface area contributed by atoms with Crippen LogP contribution in [0, 0.1) is 5.92 Å². The summed E-state index contributed by atoms with van der Waals surface area (Å²) in [5.74, 6) is 0.495. The van der Waals surface area contributed by atoms with Crippen molar-refractivity contribution in [2.24, 2.45) is 5.92 Å². The van der Waals surface area contributed by atoms with E-state index in [1.807, 2.05) is 13.8 Å². The first-order chi connectivity index (χ1) is 8.99. The van der Waals surface area contributed by atoms with Crippen LogP contribution in [0.5, 0.6) is 0 Å². The van der Waals surface area contributed by atoms with Gasteiger partial charge in [0.2, 0.25) is 0 Å². The van der Waals surface area contributed by atoms with E-state index in [2.05, 4.69) is 20.2 Å². The molecule has 7 heteroatoms. The molecule has 0 atom stereocenters. The normalized spacial score (nSPS) is 16.8. The Labute approximate surface area is 114 Å². The monoisotopic (exact) mass is 286 g/mol. The number of H-pyrrole nitrogens is 1. The zero-order valence-electron chi connectivity index (χ0n) is 11.4. The lowest BCUT2D eigenvalue weighted by Gasteiger charge is -2.25. The molecule has 0 bridgehead atoms. The number of hydrogen-bond acceptors (Lipinski definition) is 4. The molecule has 0 spiro atoms. The smallest absolute Gasteiger partial charge is 0.257 e. The van der Waals surface area contributed by atoms with Crippen molar-refractivity contribution >= 4 is 10.0 Å². The van der Waals surface area contributed by atoms with Crippen LogP contribution < -0.4 is 10.0 Å². The van der Waals surface area contributed by atoms with Crippen molar-refractivity contribution in [3.05, 3.63) is 11.8 Å². The molecule has 0 unspecified atom stereocenters. The number of nitrogens with one attached hydrogen (secondary N) is 3. The Bertz CT molecular complexity index is 506. The van der Waals surface area contributed by atoms with Gasteiger partial charge in [-0.3, -0.25) is 5.10 Å². The summed E-state index contributed by atoms with van der Waals surface area (Å²) in [6.07, 6.45) is 5.01. The van der Waals surface area contributed by atoms with Crippen LogP contribution in [0.25, 0.3) is 0 Å². The van der Waals surface area contributed by atoms with Crippen LogP contribution >= 0.6 is 0 Å². The minimum absolute atomic E-state index is 0.181. The fourth-order valence-electron chi connectivity index (χ4n) is 1.97. The fourth-order valence-corrected chi connectivity index (χ4v) is 3.21. The second kappa shape index (κ2) is 6.02. The zero-order chi connectivity index (χ0) is 13.9. The number of sulfonamides is 1. The topological polar surface area (TPSA) is 86.9 Å². The maximum atomic E-state index is 12.2. The lowest BCUT2D eigenvalue weighted by atomic mass is 9.86. The van der Waals surface area contributed by atoms with Crippen LogP contribution in [0.3, 0.4) is 0 Å². The summed E-state index contributed by atoms with van der Waals surface area (Å²) < 4.78 is 27.1. The highest BCUT2D eigenvalue weighted by molar-refractivity contribution is 7.89. The largest absolute Gasteiger partial charge is 0.310 e. The first kappa shape index (κ1) is 14.5. The molecule has 1 fully saturated rings. The first-order valence-corrected chi connectivity index (χ1v) is 8.22. The second-order valence-corrected chi connectivity index (χ2v) is 7.11. The highest BCUT2D eigenvalue weighted by Crippen LogP contribution is 2.25. The van der Waals surface area contributed by atoms with E-state index in [4.69, 9.17) is 0 Å². The van der Waals surface area contributed by atoms with E-state index in [-0.39, 0.29) is 5.03 Å². The third-order valence-electron chi connectivity index (χ3n) is 3.43. The molecule has 1 heterocycles. The zero-order valence-corrected chi connectivity index (χ0v) is 12.3. The summed E-state index contributed by atoms with van der Waals surface area (Å²) in [4.78, 5) is 0. The molecule has 1 aliphatic carbocycles. The van der Waals surface area contributed by atoms with Gasteiger partial charge < -0.3 is 5.32 Å². The van der Waals surface area contributed by atoms with Crippen molar-refractivity contribution in [2.75, 3.05) is 6.54 Å². The molecule has 1 saturated carbocycles. The van der Waals surface area contributed by atoms with Crippen molar-refractivity contribution in [3.8, 4) is 0 Å². The van der Waals surface area contributed by atoms with Gasteiger partial charge in [0, 0.05) is 24.7 Å². The van der Waals surface area contributed by atoms with Gasteiger partial charge in [0.05, 0.1) is 6.20 Å². The Morgan fingerprint density at radius 1 is 1.47 bits per heavy atom. The number of aromatic nitrogens is 2. The van der Waals surface area contributed by atoms with E-state index < -0.39 is 10.0 Å². The van der Waals surface area contributed by atoms with Gasteiger partial charge in [-0.25, -0.2) is 13.1 Å². The van der Waals surface area contributed by atoms with Crippen molar-refractivity contribution < 1.29 is 8.42 Å². The van der Waals surface area contributed by atoms with Crippen LogP contribution in [-0.2, 0) is 16.6 Å². The number of aromatic amines is 1. The van der Waals surface area contributed by atoms with Gasteiger partial charge in [0.1, 0.15) is 0 Å². The number of hydrogen-bond donors (Lipinski definition) is 3. The molecule has 19 heavy (non-hydrogen) atoms. The fraction of sp³-hybridized carbons (Fsp3) is 0.750. The van der Waals surface area contributed by atoms with Gasteiger partial charge >= 0.3 is 0 Å². The molecule has 1 aliphatic rings. The third-order valence-corrected chi connectivity index (χ3v) is 4.87. The van der Waals surface area contributed by atoms with Crippen LogP contribution in [-0.4, -0.2) is 31.2 Å². The number of nitrogens with zero attached hydrogens (tertiary/aromatic N) is 1. The van der Waals surface area contributed by atoms with Gasteiger partial charge in [0.25, 0.3) is 10.0 Å². The van der Waals surface area contributed by atoms with Gasteiger partial charge in [-0.05, 0) is 18.8 Å². The van der Waals surface area contributed by atoms with E-state index in [0.717, 1.165) is 12.8 Å². The van der Waals surface area contributed by atoms with E-state index in [1.165, 1.54) is 6.42 Å². The Hall–Kier alpha value is -0.920. The van der Waals surface area contributed by atoms with Crippen molar-refractivity contribution in [3.63, 3.8) is 0 Å². The van der Waals surface area contributed by atoms with Crippen LogP contribution in [0.1, 0.15) is 38.7 Å². The average molecular weight is 286 g/mol. The summed E-state index contributed by atoms with van der Waals surface area (Å²) in [5, 5.41) is 9.81. The predicted octanol–water partition coefficient (Wildman–Crippen LogP) is 0.986. The second-order valence-electron chi connectivity index (χ2n) is 5.41. The molecule has 0 saturated heterocycles. The summed E-state index contributed by atoms with van der Waals surface area (Å²) >= 11 is 0. The first-order valence-electron chi connectivity index (χ1n) is 6.74. The quantitative estimate of drug-likeness (QED) is 0.697. The summed E-state index contributed by atoms with van der Waals surface area (Å²) in [6, 6.07) is 0.299. The molecule has 0 aliphatic heterocycles. The standard InChI is InChI=1S/C12H22N4O2S/c1-9(2)13-7-11-8-14-16-12(11)19(17,18)15-6-10-4-3-5-10/h8-10,13,15H,3-7H2,1-2H3,(H,14,16). The van der Waals surface area contributed by atoms with Crippen molar-refractivity contribution in [1.82, 2.24) is 20.2 Å². The summed E-state index contributed by atoms with van der Waals surface area (Å²) in [5.41, 5.74) is 0.676. The molecule has 0 amide bonds. The van der Waals surface area contributed by atoms with Crippen molar-refractivity contribution in [2.45, 2.75) is 50.7 Å². The van der Waals surface area contributed by atoms with E-state index in [1.54, 1.807) is 6.20 Å².